The van der Waals surface area contributed by atoms with Crippen LogP contribution in [0.1, 0.15) is 6.92 Å². The van der Waals surface area contributed by atoms with E-state index >= 15 is 0 Å². The van der Waals surface area contributed by atoms with Crippen LogP contribution in [0.15, 0.2) is 0 Å². The average molecular weight is 248 g/mol. The number of hydrogen-bond donors (Lipinski definition) is 0. The molecule has 1 heterocycles. The Morgan fingerprint density at radius 2 is 2.06 bits per heavy atom. The minimum atomic E-state index is -2.92. The molecule has 16 heavy (non-hydrogen) atoms. The van der Waals surface area contributed by atoms with E-state index in [1.807, 2.05) is 11.8 Å². The van der Waals surface area contributed by atoms with Crippen LogP contribution in [-0.4, -0.2) is 69.4 Å². The third-order valence-corrected chi connectivity index (χ3v) is 4.57. The fourth-order valence-corrected chi connectivity index (χ4v) is 3.52. The zero-order chi connectivity index (χ0) is 12.3. The summed E-state index contributed by atoms with van der Waals surface area (Å²) in [5.74, 6) is 0.520. The first-order valence-corrected chi connectivity index (χ1v) is 7.25. The van der Waals surface area contributed by atoms with Gasteiger partial charge in [0.05, 0.1) is 18.1 Å². The Bertz CT molecular complexity index is 351. The summed E-state index contributed by atoms with van der Waals surface area (Å²) in [6.07, 6.45) is 0. The third kappa shape index (κ3) is 4.09. The van der Waals surface area contributed by atoms with E-state index in [1.54, 1.807) is 14.1 Å². The van der Waals surface area contributed by atoms with Gasteiger partial charge in [-0.2, -0.15) is 0 Å². The maximum atomic E-state index is 11.5. The van der Waals surface area contributed by atoms with E-state index < -0.39 is 9.84 Å². The summed E-state index contributed by atoms with van der Waals surface area (Å²) in [6, 6.07) is 0. The summed E-state index contributed by atoms with van der Waals surface area (Å²) in [4.78, 5) is 15.0. The molecular formula is C10H20N2O3S. The lowest BCUT2D eigenvalue weighted by Crippen LogP contribution is -2.39. The molecule has 1 atom stereocenters. The third-order valence-electron chi connectivity index (χ3n) is 2.68. The monoisotopic (exact) mass is 248 g/mol. The van der Waals surface area contributed by atoms with Gasteiger partial charge in [0.15, 0.2) is 9.84 Å². The molecule has 1 rings (SSSR count). The second-order valence-corrected chi connectivity index (χ2v) is 6.97. The number of carbonyl (C=O) groups excluding carboxylic acids is 1. The van der Waals surface area contributed by atoms with Gasteiger partial charge >= 0.3 is 0 Å². The van der Waals surface area contributed by atoms with Crippen molar-refractivity contribution in [3.8, 4) is 0 Å². The summed E-state index contributed by atoms with van der Waals surface area (Å²) in [7, 11) is 0.493. The van der Waals surface area contributed by atoms with E-state index in [0.29, 0.717) is 19.6 Å². The van der Waals surface area contributed by atoms with Crippen molar-refractivity contribution in [2.75, 3.05) is 45.2 Å². The second kappa shape index (κ2) is 5.14. The minimum absolute atomic E-state index is 0.0199. The van der Waals surface area contributed by atoms with E-state index in [0.717, 1.165) is 0 Å². The molecule has 0 bridgehead atoms. The number of carbonyl (C=O) groups is 1. The zero-order valence-electron chi connectivity index (χ0n) is 10.1. The Hall–Kier alpha value is -0.620. The standard InChI is InChI=1S/C10H20N2O3S/c1-9-6-12(7-10(13)11(2)3)4-5-16(14,15)8-9/h9H,4-8H2,1-3H3. The maximum Gasteiger partial charge on any atom is 0.236 e. The molecule has 1 fully saturated rings. The molecular weight excluding hydrogens is 228 g/mol. The number of likely N-dealkylation sites (N-methyl/N-ethyl adjacent to an activating group) is 1. The predicted octanol–water partition coefficient (Wildman–Crippen LogP) is -0.559. The van der Waals surface area contributed by atoms with Gasteiger partial charge < -0.3 is 4.90 Å². The Kier molecular flexibility index (Phi) is 4.32. The SMILES string of the molecule is CC1CN(CC(=O)N(C)C)CCS(=O)(=O)C1. The van der Waals surface area contributed by atoms with Crippen molar-refractivity contribution in [1.29, 1.82) is 0 Å². The van der Waals surface area contributed by atoms with E-state index in [9.17, 15) is 13.2 Å². The van der Waals surface area contributed by atoms with Crippen LogP contribution in [0, 0.1) is 5.92 Å². The normalized spacial score (nSPS) is 26.1. The van der Waals surface area contributed by atoms with Crippen molar-refractivity contribution in [3.63, 3.8) is 0 Å². The van der Waals surface area contributed by atoms with E-state index in [-0.39, 0.29) is 23.3 Å². The second-order valence-electron chi connectivity index (χ2n) is 4.74. The number of amides is 1. The summed E-state index contributed by atoms with van der Waals surface area (Å²) in [6.45, 7) is 3.37. The molecule has 0 N–H and O–H groups in total. The smallest absolute Gasteiger partial charge is 0.236 e. The molecule has 0 aromatic heterocycles. The van der Waals surface area contributed by atoms with E-state index in [4.69, 9.17) is 0 Å². The first-order valence-electron chi connectivity index (χ1n) is 5.43. The molecule has 1 unspecified atom stereocenters. The summed E-state index contributed by atoms with van der Waals surface area (Å²) < 4.78 is 23.0. The van der Waals surface area contributed by atoms with Crippen LogP contribution in [-0.2, 0) is 14.6 Å². The van der Waals surface area contributed by atoms with Gasteiger partial charge in [0.25, 0.3) is 0 Å². The summed E-state index contributed by atoms with van der Waals surface area (Å²) in [5, 5.41) is 0. The molecule has 0 saturated carbocycles. The molecule has 5 nitrogen and oxygen atoms in total. The predicted molar refractivity (Wildman–Crippen MR) is 63.0 cm³/mol. The fourth-order valence-electron chi connectivity index (χ4n) is 1.85. The van der Waals surface area contributed by atoms with E-state index in [1.165, 1.54) is 4.90 Å². The Morgan fingerprint density at radius 3 is 2.62 bits per heavy atom. The molecule has 0 aromatic rings. The van der Waals surface area contributed by atoms with Crippen molar-refractivity contribution in [2.24, 2.45) is 5.92 Å². The first-order chi connectivity index (χ1) is 7.30. The molecule has 1 amide bonds. The van der Waals surface area contributed by atoms with Gasteiger partial charge in [-0.3, -0.25) is 9.69 Å². The topological polar surface area (TPSA) is 57.7 Å². The lowest BCUT2D eigenvalue weighted by atomic mass is 10.2. The maximum absolute atomic E-state index is 11.5. The van der Waals surface area contributed by atoms with Crippen molar-refractivity contribution in [3.05, 3.63) is 0 Å². The summed E-state index contributed by atoms with van der Waals surface area (Å²) in [5.41, 5.74) is 0. The molecule has 1 aliphatic heterocycles. The highest BCUT2D eigenvalue weighted by Crippen LogP contribution is 2.10. The van der Waals surface area contributed by atoms with Crippen LogP contribution < -0.4 is 0 Å². The Balaban J connectivity index is 2.60. The van der Waals surface area contributed by atoms with Crippen LogP contribution in [0.3, 0.4) is 0 Å². The lowest BCUT2D eigenvalue weighted by molar-refractivity contribution is -0.129. The van der Waals surface area contributed by atoms with Crippen LogP contribution in [0.5, 0.6) is 0 Å². The molecule has 94 valence electrons. The van der Waals surface area contributed by atoms with Gasteiger partial charge in [-0.25, -0.2) is 8.42 Å². The number of nitrogens with zero attached hydrogens (tertiary/aromatic N) is 2. The average Bonchev–Trinajstić information content (AvgIpc) is 2.24. The molecule has 1 aliphatic rings. The van der Waals surface area contributed by atoms with Crippen LogP contribution in [0.25, 0.3) is 0 Å². The number of sulfone groups is 1. The molecule has 0 spiro atoms. The summed E-state index contributed by atoms with van der Waals surface area (Å²) >= 11 is 0. The van der Waals surface area contributed by atoms with Crippen molar-refractivity contribution in [2.45, 2.75) is 6.92 Å². The van der Waals surface area contributed by atoms with Crippen LogP contribution >= 0.6 is 0 Å². The van der Waals surface area contributed by atoms with Gasteiger partial charge in [-0.1, -0.05) is 6.92 Å². The number of rotatable bonds is 2. The molecule has 6 heteroatoms. The highest BCUT2D eigenvalue weighted by Gasteiger charge is 2.25. The van der Waals surface area contributed by atoms with Gasteiger partial charge in [-0.15, -0.1) is 0 Å². The largest absolute Gasteiger partial charge is 0.348 e. The van der Waals surface area contributed by atoms with Crippen molar-refractivity contribution >= 4 is 15.7 Å². The fraction of sp³-hybridized carbons (Fsp3) is 0.900. The number of hydrogen-bond acceptors (Lipinski definition) is 4. The van der Waals surface area contributed by atoms with Gasteiger partial charge in [0.1, 0.15) is 0 Å². The first kappa shape index (κ1) is 13.4. The molecule has 0 aromatic carbocycles. The highest BCUT2D eigenvalue weighted by molar-refractivity contribution is 7.91. The molecule has 0 radical (unpaired) electrons. The lowest BCUT2D eigenvalue weighted by Gasteiger charge is -2.22. The van der Waals surface area contributed by atoms with Crippen LogP contribution in [0.4, 0.5) is 0 Å². The quantitative estimate of drug-likeness (QED) is 0.657. The highest BCUT2D eigenvalue weighted by atomic mass is 32.2. The molecule has 1 saturated heterocycles. The van der Waals surface area contributed by atoms with Crippen molar-refractivity contribution in [1.82, 2.24) is 9.80 Å². The Labute approximate surface area is 97.3 Å². The van der Waals surface area contributed by atoms with Crippen molar-refractivity contribution < 1.29 is 13.2 Å². The zero-order valence-corrected chi connectivity index (χ0v) is 11.0. The molecule has 0 aliphatic carbocycles. The van der Waals surface area contributed by atoms with Gasteiger partial charge in [0.2, 0.25) is 5.91 Å². The minimum Gasteiger partial charge on any atom is -0.348 e. The van der Waals surface area contributed by atoms with Gasteiger partial charge in [0, 0.05) is 27.2 Å². The van der Waals surface area contributed by atoms with Gasteiger partial charge in [-0.05, 0) is 5.92 Å². The van der Waals surface area contributed by atoms with E-state index in [2.05, 4.69) is 0 Å². The Morgan fingerprint density at radius 1 is 1.44 bits per heavy atom. The van der Waals surface area contributed by atoms with Crippen LogP contribution in [0.2, 0.25) is 0 Å².